The van der Waals surface area contributed by atoms with Crippen LogP contribution in [0.3, 0.4) is 0 Å². The van der Waals surface area contributed by atoms with Crippen molar-refractivity contribution in [3.63, 3.8) is 0 Å². The largest absolute Gasteiger partial charge is 0.692 e. The Hall–Kier alpha value is -2.35. The van der Waals surface area contributed by atoms with E-state index in [2.05, 4.69) is 27.0 Å². The van der Waals surface area contributed by atoms with E-state index in [4.69, 9.17) is 26.0 Å². The zero-order valence-electron chi connectivity index (χ0n) is 14.3. The summed E-state index contributed by atoms with van der Waals surface area (Å²) in [5.74, 6) is 0. The highest BCUT2D eigenvalue weighted by Gasteiger charge is 2.10. The first-order chi connectivity index (χ1) is 12.8. The Labute approximate surface area is 160 Å². The van der Waals surface area contributed by atoms with Gasteiger partial charge in [0.1, 0.15) is 0 Å². The van der Waals surface area contributed by atoms with E-state index >= 15 is 0 Å². The summed E-state index contributed by atoms with van der Waals surface area (Å²) in [6.45, 7) is 1.36. The number of aromatic amines is 2. The van der Waals surface area contributed by atoms with Crippen LogP contribution >= 0.6 is 19.9 Å². The number of halogens is 1. The summed E-state index contributed by atoms with van der Waals surface area (Å²) in [4.78, 5) is 44.6. The van der Waals surface area contributed by atoms with E-state index in [-0.39, 0.29) is 0 Å². The first-order valence-electron chi connectivity index (χ1n) is 7.78. The van der Waals surface area contributed by atoms with Crippen molar-refractivity contribution in [2.45, 2.75) is 13.1 Å². The van der Waals surface area contributed by atoms with Crippen LogP contribution in [0.2, 0.25) is 5.02 Å². The van der Waals surface area contributed by atoms with Gasteiger partial charge in [-0.15, -0.1) is 9.79 Å². The maximum Gasteiger partial charge on any atom is 0.692 e. The fraction of sp³-hybridized carbons (Fsp3) is 0.176. The first-order valence-corrected chi connectivity index (χ1v) is 9.33. The molecule has 0 aliphatic carbocycles. The number of nitrogens with one attached hydrogen (secondary N) is 2. The van der Waals surface area contributed by atoms with Gasteiger partial charge in [-0.1, -0.05) is 41.9 Å². The normalized spacial score (nSPS) is 10.6. The van der Waals surface area contributed by atoms with E-state index in [0.29, 0.717) is 22.6 Å². The number of hydrogen-bond donors (Lipinski definition) is 4. The van der Waals surface area contributed by atoms with Crippen molar-refractivity contribution in [2.75, 3.05) is 7.05 Å². The lowest BCUT2D eigenvalue weighted by Crippen LogP contribution is -2.29. The number of rotatable bonds is 4. The highest BCUT2D eigenvalue weighted by atomic mass is 35.5. The van der Waals surface area contributed by atoms with Crippen LogP contribution in [-0.2, 0) is 17.7 Å². The molecule has 142 valence electrons. The Morgan fingerprint density at radius 1 is 1.04 bits per heavy atom. The molecule has 4 N–H and O–H groups in total. The molecule has 1 heterocycles. The van der Waals surface area contributed by atoms with Gasteiger partial charge >= 0.3 is 19.4 Å². The van der Waals surface area contributed by atoms with Crippen LogP contribution in [0.15, 0.2) is 52.1 Å². The predicted molar refractivity (Wildman–Crippen MR) is 104 cm³/mol. The Kier molecular flexibility index (Phi) is 7.41. The summed E-state index contributed by atoms with van der Waals surface area (Å²) in [7, 11) is -0.881. The molecule has 0 amide bonds. The van der Waals surface area contributed by atoms with Crippen LogP contribution in [0, 0.1) is 0 Å². The summed E-state index contributed by atoms with van der Waals surface area (Å²) in [6.07, 6.45) is 0. The molecule has 0 aliphatic rings. The smallest absolute Gasteiger partial charge is 0.316 e. The van der Waals surface area contributed by atoms with Crippen molar-refractivity contribution >= 4 is 30.9 Å². The second kappa shape index (κ2) is 9.55. The minimum absolute atomic E-state index is 0.517. The molecule has 0 unspecified atom stereocenters. The molecule has 0 saturated heterocycles. The van der Waals surface area contributed by atoms with Crippen molar-refractivity contribution in [3.8, 4) is 0 Å². The zero-order chi connectivity index (χ0) is 20.0. The average Bonchev–Trinajstić information content (AvgIpc) is 2.57. The molecule has 8 nitrogen and oxygen atoms in total. The van der Waals surface area contributed by atoms with Gasteiger partial charge in [-0.25, -0.2) is 0 Å². The van der Waals surface area contributed by atoms with Gasteiger partial charge in [0.2, 0.25) is 0 Å². The standard InChI is InChI=1S/C17H16ClN3O2.HO3P/c1-21(9-11-5-3-2-4-6-11)10-12-7-13(18)8-14-15(12)20-17(23)16(22)19-14;1-4(2)3/h2-8H,9-10H2,1H3,(H,19,22)(H,20,23);(H-,1,2,3)/p+1. The van der Waals surface area contributed by atoms with Crippen LogP contribution in [0.5, 0.6) is 0 Å². The van der Waals surface area contributed by atoms with Crippen molar-refractivity contribution < 1.29 is 14.4 Å². The molecule has 10 heteroatoms. The second-order valence-corrected chi connectivity index (χ2v) is 6.75. The van der Waals surface area contributed by atoms with Gasteiger partial charge in [-0.2, -0.15) is 0 Å². The third kappa shape index (κ3) is 6.39. The number of aromatic nitrogens is 2. The molecule has 0 fully saturated rings. The molecule has 0 bridgehead atoms. The van der Waals surface area contributed by atoms with E-state index in [1.807, 2.05) is 25.2 Å². The van der Waals surface area contributed by atoms with Gasteiger partial charge in [0.25, 0.3) is 0 Å². The van der Waals surface area contributed by atoms with Crippen LogP contribution in [0.4, 0.5) is 0 Å². The van der Waals surface area contributed by atoms with Gasteiger partial charge in [-0.05, 0) is 30.3 Å². The first kappa shape index (κ1) is 21.0. The van der Waals surface area contributed by atoms with Crippen LogP contribution in [0.1, 0.15) is 11.1 Å². The average molecular weight is 411 g/mol. The van der Waals surface area contributed by atoms with Crippen LogP contribution in [-0.4, -0.2) is 31.7 Å². The van der Waals surface area contributed by atoms with E-state index in [9.17, 15) is 9.59 Å². The summed E-state index contributed by atoms with van der Waals surface area (Å²) in [5, 5.41) is 0.517. The molecule has 2 aromatic carbocycles. The van der Waals surface area contributed by atoms with Crippen molar-refractivity contribution in [1.82, 2.24) is 14.9 Å². The van der Waals surface area contributed by atoms with Crippen molar-refractivity contribution in [2.24, 2.45) is 0 Å². The Balaban J connectivity index is 0.000000596. The minimum Gasteiger partial charge on any atom is -0.316 e. The summed E-state index contributed by atoms with van der Waals surface area (Å²) in [6, 6.07) is 13.5. The molecule has 3 rings (SSSR count). The molecule has 0 spiro atoms. The molecular weight excluding hydrogens is 393 g/mol. The van der Waals surface area contributed by atoms with Crippen molar-refractivity contribution in [3.05, 3.63) is 79.3 Å². The van der Waals surface area contributed by atoms with Gasteiger partial charge in [0.15, 0.2) is 0 Å². The third-order valence-electron chi connectivity index (χ3n) is 3.61. The molecule has 0 aliphatic heterocycles. The number of nitrogens with zero attached hydrogens (tertiary/aromatic N) is 1. The zero-order valence-corrected chi connectivity index (χ0v) is 16.0. The van der Waals surface area contributed by atoms with Crippen LogP contribution < -0.4 is 11.1 Å². The molecule has 0 saturated carbocycles. The van der Waals surface area contributed by atoms with Gasteiger partial charge in [0.05, 0.1) is 11.0 Å². The number of H-pyrrole nitrogens is 2. The van der Waals surface area contributed by atoms with Gasteiger partial charge in [0, 0.05) is 22.7 Å². The maximum absolute atomic E-state index is 11.6. The third-order valence-corrected chi connectivity index (χ3v) is 3.83. The lowest BCUT2D eigenvalue weighted by atomic mass is 10.1. The highest BCUT2D eigenvalue weighted by Crippen LogP contribution is 2.21. The second-order valence-electron chi connectivity index (χ2n) is 5.81. The SMILES string of the molecule is CN(Cc1ccccc1)Cc1cc(Cl)cc2[nH]c(=O)c(=O)[nH]c12.O=[P+](O)O. The van der Waals surface area contributed by atoms with Gasteiger partial charge < -0.3 is 9.97 Å². The Bertz CT molecular complexity index is 1050. The fourth-order valence-corrected chi connectivity index (χ4v) is 2.87. The fourth-order valence-electron chi connectivity index (χ4n) is 2.63. The summed E-state index contributed by atoms with van der Waals surface area (Å²) >= 11 is 6.13. The number of benzene rings is 2. The highest BCUT2D eigenvalue weighted by molar-refractivity contribution is 7.30. The molecule has 3 aromatic rings. The molecular formula is C17H18ClN3O5P+. The topological polar surface area (TPSA) is 126 Å². The Morgan fingerprint density at radius 3 is 2.26 bits per heavy atom. The monoisotopic (exact) mass is 410 g/mol. The lowest BCUT2D eigenvalue weighted by Gasteiger charge is -2.18. The van der Waals surface area contributed by atoms with E-state index in [1.54, 1.807) is 12.1 Å². The van der Waals surface area contributed by atoms with E-state index < -0.39 is 19.4 Å². The molecule has 0 radical (unpaired) electrons. The Morgan fingerprint density at radius 2 is 1.63 bits per heavy atom. The molecule has 1 aromatic heterocycles. The molecule has 0 atom stereocenters. The summed E-state index contributed by atoms with van der Waals surface area (Å²) in [5.41, 5.74) is 1.86. The van der Waals surface area contributed by atoms with Gasteiger partial charge in [-0.3, -0.25) is 14.5 Å². The number of hydrogen-bond acceptors (Lipinski definition) is 4. The van der Waals surface area contributed by atoms with E-state index in [1.165, 1.54) is 5.56 Å². The molecule has 27 heavy (non-hydrogen) atoms. The van der Waals surface area contributed by atoms with E-state index in [0.717, 1.165) is 12.1 Å². The quantitative estimate of drug-likeness (QED) is 0.385. The van der Waals surface area contributed by atoms with Crippen molar-refractivity contribution in [1.29, 1.82) is 0 Å². The predicted octanol–water partition coefficient (Wildman–Crippen LogP) is 2.13. The summed E-state index contributed by atoms with van der Waals surface area (Å²) < 4.78 is 8.70. The minimum atomic E-state index is -2.87. The van der Waals surface area contributed by atoms with Crippen LogP contribution in [0.25, 0.3) is 11.0 Å². The lowest BCUT2D eigenvalue weighted by molar-refractivity contribution is 0.320. The number of fused-ring (bicyclic) bond motifs is 1. The maximum atomic E-state index is 11.6.